The summed E-state index contributed by atoms with van der Waals surface area (Å²) < 4.78 is 29.5. The van der Waals surface area contributed by atoms with E-state index in [9.17, 15) is 9.36 Å². The Hall–Kier alpha value is -2.53. The van der Waals surface area contributed by atoms with Crippen LogP contribution in [-0.4, -0.2) is 36.5 Å². The maximum Gasteiger partial charge on any atom is 0.354 e. The predicted molar refractivity (Wildman–Crippen MR) is 133 cm³/mol. The minimum atomic E-state index is -3.46. The van der Waals surface area contributed by atoms with E-state index in [1.165, 1.54) is 5.82 Å². The molecule has 7 heteroatoms. The number of hydrogen-bond acceptors (Lipinski definition) is 6. The van der Waals surface area contributed by atoms with Crippen LogP contribution in [0.4, 0.5) is 0 Å². The number of aliphatic imine (C=N–C) groups is 1. The summed E-state index contributed by atoms with van der Waals surface area (Å²) in [6.45, 7) is 9.17. The van der Waals surface area contributed by atoms with Crippen LogP contribution in [0.5, 0.6) is 0 Å². The molecule has 2 rings (SSSR count). The molecule has 2 aromatic carbocycles. The Bertz CT molecular complexity index is 915. The number of esters is 1. The largest absolute Gasteiger partial charge is 0.464 e. The number of nitrogens with zero attached hydrogens (tertiary/aromatic N) is 1. The highest BCUT2D eigenvalue weighted by molar-refractivity contribution is 7.57. The fourth-order valence-corrected chi connectivity index (χ4v) is 4.85. The molecule has 0 heterocycles. The molecule has 0 aliphatic carbocycles. The highest BCUT2D eigenvalue weighted by atomic mass is 31.2. The van der Waals surface area contributed by atoms with E-state index in [0.717, 1.165) is 11.1 Å². The van der Waals surface area contributed by atoms with Gasteiger partial charge in [-0.1, -0.05) is 66.7 Å². The number of hydrogen-bond donors (Lipinski definition) is 0. The molecule has 33 heavy (non-hydrogen) atoms. The quantitative estimate of drug-likeness (QED) is 0.203. The van der Waals surface area contributed by atoms with Gasteiger partial charge in [0.1, 0.15) is 0 Å². The Kier molecular flexibility index (Phi) is 10.7. The van der Waals surface area contributed by atoms with Crippen molar-refractivity contribution in [1.82, 2.24) is 0 Å². The predicted octanol–water partition coefficient (Wildman–Crippen LogP) is 6.40. The number of carbonyl (C=O) groups is 1. The molecule has 0 spiro atoms. The molecule has 1 unspecified atom stereocenters. The van der Waals surface area contributed by atoms with Gasteiger partial charge in [0.2, 0.25) is 0 Å². The molecule has 0 amide bonds. The molecular weight excluding hydrogens is 437 g/mol. The average Bonchev–Trinajstić information content (AvgIpc) is 2.76. The van der Waals surface area contributed by atoms with Gasteiger partial charge in [-0.25, -0.2) is 4.79 Å². The van der Waals surface area contributed by atoms with Gasteiger partial charge in [0.15, 0.2) is 6.04 Å². The maximum atomic E-state index is 13.1. The third-order valence-corrected chi connectivity index (χ3v) is 6.31. The molecule has 0 fully saturated rings. The van der Waals surface area contributed by atoms with Gasteiger partial charge in [0.05, 0.1) is 24.5 Å². The molecule has 178 valence electrons. The van der Waals surface area contributed by atoms with Crippen LogP contribution in [0.25, 0.3) is 0 Å². The zero-order chi connectivity index (χ0) is 24.3. The van der Waals surface area contributed by atoms with Crippen molar-refractivity contribution >= 4 is 19.3 Å². The van der Waals surface area contributed by atoms with Crippen LogP contribution in [-0.2, 0) is 23.1 Å². The van der Waals surface area contributed by atoms with E-state index in [1.807, 2.05) is 60.7 Å². The minimum Gasteiger partial charge on any atom is -0.464 e. The van der Waals surface area contributed by atoms with Crippen molar-refractivity contribution in [3.63, 3.8) is 0 Å². The van der Waals surface area contributed by atoms with Crippen molar-refractivity contribution < 1.29 is 23.1 Å². The molecule has 0 aliphatic heterocycles. The van der Waals surface area contributed by atoms with Gasteiger partial charge in [0.25, 0.3) is 0 Å². The first-order valence-corrected chi connectivity index (χ1v) is 12.8. The summed E-state index contributed by atoms with van der Waals surface area (Å²) in [4.78, 5) is 17.6. The summed E-state index contributed by atoms with van der Waals surface area (Å²) in [5.74, 6) is 0.968. The summed E-state index contributed by atoms with van der Waals surface area (Å²) in [7, 11) is -3.46. The molecule has 6 nitrogen and oxygen atoms in total. The fraction of sp³-hybridized carbons (Fsp3) is 0.385. The highest BCUT2D eigenvalue weighted by Crippen LogP contribution is 2.52. The zero-order valence-corrected chi connectivity index (χ0v) is 20.9. The van der Waals surface area contributed by atoms with Crippen LogP contribution in [0.15, 0.2) is 77.5 Å². The molecule has 0 aliphatic rings. The van der Waals surface area contributed by atoms with Gasteiger partial charge in [0, 0.05) is 16.9 Å². The summed E-state index contributed by atoms with van der Waals surface area (Å²) >= 11 is 0. The van der Waals surface area contributed by atoms with E-state index < -0.39 is 19.6 Å². The van der Waals surface area contributed by atoms with Crippen LogP contribution in [0.3, 0.4) is 0 Å². The number of benzene rings is 2. The Labute approximate surface area is 197 Å². The van der Waals surface area contributed by atoms with Gasteiger partial charge in [-0.3, -0.25) is 9.56 Å². The Balaban J connectivity index is 2.41. The lowest BCUT2D eigenvalue weighted by Crippen LogP contribution is -2.23. The average molecular weight is 472 g/mol. The van der Waals surface area contributed by atoms with Gasteiger partial charge in [-0.05, 0) is 41.0 Å². The molecule has 0 N–H and O–H groups in total. The van der Waals surface area contributed by atoms with Crippen molar-refractivity contribution in [2.24, 2.45) is 4.99 Å². The molecule has 0 bridgehead atoms. The molecule has 1 atom stereocenters. The molecule has 0 saturated heterocycles. The number of rotatable bonds is 12. The lowest BCUT2D eigenvalue weighted by molar-refractivity contribution is -0.144. The second-order valence-corrected chi connectivity index (χ2v) is 9.75. The third kappa shape index (κ3) is 9.09. The normalized spacial score (nSPS) is 12.8. The second-order valence-electron chi connectivity index (χ2n) is 7.95. The van der Waals surface area contributed by atoms with E-state index >= 15 is 0 Å². The second kappa shape index (κ2) is 13.2. The van der Waals surface area contributed by atoms with Crippen LogP contribution in [0.1, 0.15) is 52.2 Å². The van der Waals surface area contributed by atoms with Crippen molar-refractivity contribution in [2.75, 3.05) is 6.61 Å². The van der Waals surface area contributed by atoms with Gasteiger partial charge >= 0.3 is 13.6 Å². The summed E-state index contributed by atoms with van der Waals surface area (Å²) in [6, 6.07) is 18.5. The first kappa shape index (κ1) is 26.7. The summed E-state index contributed by atoms with van der Waals surface area (Å²) in [6.07, 6.45) is 1.26. The maximum absolute atomic E-state index is 13.1. The third-order valence-electron chi connectivity index (χ3n) is 4.30. The van der Waals surface area contributed by atoms with Crippen LogP contribution >= 0.6 is 7.60 Å². The lowest BCUT2D eigenvalue weighted by Gasteiger charge is -2.20. The topological polar surface area (TPSA) is 74.2 Å². The van der Waals surface area contributed by atoms with Gasteiger partial charge in [-0.15, -0.1) is 0 Å². The van der Waals surface area contributed by atoms with Crippen LogP contribution in [0, 0.1) is 0 Å². The molecule has 0 radical (unpaired) electrons. The number of carbonyl (C=O) groups excluding carboxylic acids is 1. The van der Waals surface area contributed by atoms with E-state index in [2.05, 4.69) is 0 Å². The standard InChI is InChI=1S/C26H34NO5P/c1-6-30-26(28)24(18-13-19-33(29,31-20(2)3)32-21(4)5)27-25(22-14-9-7-10-15-22)23-16-11-8-12-17-23/h7-17,19-21,24H,6,18H2,1-5H3/b19-13+. The SMILES string of the molecule is CCOC(=O)C(C/C=C/P(=O)(OC(C)C)OC(C)C)N=C(c1ccccc1)c1ccccc1. The Morgan fingerprint density at radius 2 is 1.39 bits per heavy atom. The van der Waals surface area contributed by atoms with Crippen molar-refractivity contribution in [3.05, 3.63) is 83.7 Å². The first-order chi connectivity index (χ1) is 15.7. The zero-order valence-electron chi connectivity index (χ0n) is 20.0. The number of ether oxygens (including phenoxy) is 1. The Morgan fingerprint density at radius 1 is 0.909 bits per heavy atom. The van der Waals surface area contributed by atoms with E-state index in [0.29, 0.717) is 5.71 Å². The fourth-order valence-electron chi connectivity index (χ4n) is 3.11. The van der Waals surface area contributed by atoms with Gasteiger partial charge < -0.3 is 13.8 Å². The van der Waals surface area contributed by atoms with Crippen molar-refractivity contribution in [2.45, 2.75) is 59.3 Å². The van der Waals surface area contributed by atoms with Crippen molar-refractivity contribution in [1.29, 1.82) is 0 Å². The lowest BCUT2D eigenvalue weighted by atomic mass is 10.0. The monoisotopic (exact) mass is 471 g/mol. The van der Waals surface area contributed by atoms with Crippen molar-refractivity contribution in [3.8, 4) is 0 Å². The van der Waals surface area contributed by atoms with E-state index in [1.54, 1.807) is 40.7 Å². The van der Waals surface area contributed by atoms with Gasteiger partial charge in [-0.2, -0.15) is 0 Å². The smallest absolute Gasteiger partial charge is 0.354 e. The minimum absolute atomic E-state index is 0.189. The van der Waals surface area contributed by atoms with Crippen LogP contribution < -0.4 is 0 Å². The van der Waals surface area contributed by atoms with E-state index in [4.69, 9.17) is 18.8 Å². The molecule has 0 saturated carbocycles. The highest BCUT2D eigenvalue weighted by Gasteiger charge is 2.25. The summed E-state index contributed by atoms with van der Waals surface area (Å²) in [5, 5.41) is 0. The molecule has 2 aromatic rings. The van der Waals surface area contributed by atoms with Crippen LogP contribution in [0.2, 0.25) is 0 Å². The molecule has 0 aromatic heterocycles. The molecular formula is C26H34NO5P. The Morgan fingerprint density at radius 3 is 1.82 bits per heavy atom. The first-order valence-electron chi connectivity index (χ1n) is 11.2. The summed E-state index contributed by atoms with van der Waals surface area (Å²) in [5.41, 5.74) is 2.46. The van der Waals surface area contributed by atoms with E-state index in [-0.39, 0.29) is 25.2 Å².